The van der Waals surface area contributed by atoms with Gasteiger partial charge < -0.3 is 5.73 Å². The molecule has 1 aliphatic rings. The molecule has 12 heavy (non-hydrogen) atoms. The fraction of sp³-hybridized carbons (Fsp3) is 1.00. The second kappa shape index (κ2) is 4.33. The number of alkyl halides is 3. The third-order valence-electron chi connectivity index (χ3n) is 2.23. The topological polar surface area (TPSA) is 26.0 Å². The maximum atomic E-state index is 12.0. The molecular formula is C7H13ClF3N. The molecule has 1 aliphatic carbocycles. The molecule has 1 nitrogen and oxygen atoms in total. The van der Waals surface area contributed by atoms with Crippen molar-refractivity contribution in [1.29, 1.82) is 0 Å². The van der Waals surface area contributed by atoms with Gasteiger partial charge in [-0.1, -0.05) is 0 Å². The van der Waals surface area contributed by atoms with E-state index in [1.54, 1.807) is 0 Å². The monoisotopic (exact) mass is 203 g/mol. The van der Waals surface area contributed by atoms with E-state index >= 15 is 0 Å². The zero-order valence-corrected chi connectivity index (χ0v) is 7.42. The van der Waals surface area contributed by atoms with Gasteiger partial charge in [0.1, 0.15) is 0 Å². The summed E-state index contributed by atoms with van der Waals surface area (Å²) in [5.74, 6) is -1.10. The number of halogens is 4. The largest absolute Gasteiger partial charge is 0.391 e. The number of hydrogen-bond donors (Lipinski definition) is 1. The van der Waals surface area contributed by atoms with E-state index in [4.69, 9.17) is 5.73 Å². The van der Waals surface area contributed by atoms with E-state index in [1.807, 2.05) is 0 Å². The molecule has 0 aromatic rings. The molecule has 5 heteroatoms. The van der Waals surface area contributed by atoms with Crippen LogP contribution in [0.25, 0.3) is 0 Å². The molecule has 1 rings (SSSR count). The van der Waals surface area contributed by atoms with E-state index in [2.05, 4.69) is 0 Å². The van der Waals surface area contributed by atoms with Crippen molar-refractivity contribution in [2.75, 3.05) is 0 Å². The molecule has 0 saturated heterocycles. The van der Waals surface area contributed by atoms with Gasteiger partial charge in [0.05, 0.1) is 5.92 Å². The first kappa shape index (κ1) is 12.0. The normalized spacial score (nSPS) is 31.0. The number of hydrogen-bond acceptors (Lipinski definition) is 1. The van der Waals surface area contributed by atoms with Crippen LogP contribution in [0.2, 0.25) is 0 Å². The van der Waals surface area contributed by atoms with Gasteiger partial charge in [-0.25, -0.2) is 0 Å². The first-order valence-corrected chi connectivity index (χ1v) is 3.82. The minimum absolute atomic E-state index is 0. The Balaban J connectivity index is 0.00000121. The third kappa shape index (κ3) is 3.19. The summed E-state index contributed by atoms with van der Waals surface area (Å²) in [4.78, 5) is 0. The summed E-state index contributed by atoms with van der Waals surface area (Å²) in [7, 11) is 0. The fourth-order valence-electron chi connectivity index (χ4n) is 1.45. The lowest BCUT2D eigenvalue weighted by atomic mass is 9.86. The lowest BCUT2D eigenvalue weighted by molar-refractivity contribution is -0.182. The second-order valence-corrected chi connectivity index (χ2v) is 3.15. The van der Waals surface area contributed by atoms with Crippen molar-refractivity contribution in [2.45, 2.75) is 37.9 Å². The molecule has 0 amide bonds. The summed E-state index contributed by atoms with van der Waals surface area (Å²) < 4.78 is 36.1. The van der Waals surface area contributed by atoms with Crippen LogP contribution in [0.1, 0.15) is 25.7 Å². The zero-order valence-electron chi connectivity index (χ0n) is 6.60. The summed E-state index contributed by atoms with van der Waals surface area (Å²) in [6.07, 6.45) is -2.54. The molecule has 0 radical (unpaired) electrons. The van der Waals surface area contributed by atoms with Crippen molar-refractivity contribution in [3.05, 3.63) is 0 Å². The highest BCUT2D eigenvalue weighted by atomic mass is 35.5. The Bertz CT molecular complexity index is 129. The van der Waals surface area contributed by atoms with Gasteiger partial charge >= 0.3 is 6.18 Å². The summed E-state index contributed by atoms with van der Waals surface area (Å²) in [6.45, 7) is 0. The van der Waals surface area contributed by atoms with Crippen molar-refractivity contribution in [1.82, 2.24) is 0 Å². The van der Waals surface area contributed by atoms with Gasteiger partial charge in [-0.15, -0.1) is 12.4 Å². The van der Waals surface area contributed by atoms with Crippen molar-refractivity contribution in [2.24, 2.45) is 11.7 Å². The van der Waals surface area contributed by atoms with Crippen LogP contribution in [-0.4, -0.2) is 12.2 Å². The highest BCUT2D eigenvalue weighted by molar-refractivity contribution is 5.85. The predicted molar refractivity (Wildman–Crippen MR) is 43.2 cm³/mol. The van der Waals surface area contributed by atoms with Crippen LogP contribution >= 0.6 is 12.4 Å². The average Bonchev–Trinajstić information content (AvgIpc) is 1.86. The fourth-order valence-corrected chi connectivity index (χ4v) is 1.45. The summed E-state index contributed by atoms with van der Waals surface area (Å²) in [5.41, 5.74) is 5.47. The third-order valence-corrected chi connectivity index (χ3v) is 2.23. The smallest absolute Gasteiger partial charge is 0.328 e. The van der Waals surface area contributed by atoms with Gasteiger partial charge in [0.25, 0.3) is 0 Å². The maximum absolute atomic E-state index is 12.0. The van der Waals surface area contributed by atoms with Crippen LogP contribution in [0.4, 0.5) is 13.2 Å². The SMILES string of the molecule is Cl.NC1CCC(C(F)(F)F)CC1. The van der Waals surface area contributed by atoms with Crippen LogP contribution in [0, 0.1) is 5.92 Å². The lowest BCUT2D eigenvalue weighted by Gasteiger charge is -2.27. The van der Waals surface area contributed by atoms with Crippen LogP contribution in [0.15, 0.2) is 0 Å². The van der Waals surface area contributed by atoms with E-state index in [0.29, 0.717) is 12.8 Å². The van der Waals surface area contributed by atoms with Crippen molar-refractivity contribution < 1.29 is 13.2 Å². The predicted octanol–water partition coefficient (Wildman–Crippen LogP) is 2.49. The molecule has 0 aromatic heterocycles. The quantitative estimate of drug-likeness (QED) is 0.643. The minimum atomic E-state index is -4.00. The van der Waals surface area contributed by atoms with Crippen LogP contribution < -0.4 is 5.73 Å². The Hall–Kier alpha value is 0.0400. The van der Waals surface area contributed by atoms with E-state index in [1.165, 1.54) is 0 Å². The highest BCUT2D eigenvalue weighted by Gasteiger charge is 2.40. The summed E-state index contributed by atoms with van der Waals surface area (Å²) >= 11 is 0. The van der Waals surface area contributed by atoms with Crippen LogP contribution in [0.5, 0.6) is 0 Å². The van der Waals surface area contributed by atoms with E-state index in [0.717, 1.165) is 0 Å². The van der Waals surface area contributed by atoms with E-state index in [-0.39, 0.29) is 31.3 Å². The molecule has 1 saturated carbocycles. The molecule has 0 atom stereocenters. The molecule has 0 aromatic carbocycles. The Kier molecular flexibility index (Phi) is 4.34. The highest BCUT2D eigenvalue weighted by Crippen LogP contribution is 2.36. The van der Waals surface area contributed by atoms with Crippen molar-refractivity contribution >= 4 is 12.4 Å². The molecule has 0 heterocycles. The molecule has 0 spiro atoms. The van der Waals surface area contributed by atoms with E-state index < -0.39 is 12.1 Å². The van der Waals surface area contributed by atoms with Gasteiger partial charge in [0.15, 0.2) is 0 Å². The first-order chi connectivity index (χ1) is 5.00. The summed E-state index contributed by atoms with van der Waals surface area (Å²) in [6, 6.07) is -0.00593. The van der Waals surface area contributed by atoms with Gasteiger partial charge in [-0.2, -0.15) is 13.2 Å². The van der Waals surface area contributed by atoms with Crippen molar-refractivity contribution in [3.63, 3.8) is 0 Å². The maximum Gasteiger partial charge on any atom is 0.391 e. The zero-order chi connectivity index (χ0) is 8.48. The van der Waals surface area contributed by atoms with Crippen LogP contribution in [0.3, 0.4) is 0 Å². The van der Waals surface area contributed by atoms with Gasteiger partial charge in [-0.3, -0.25) is 0 Å². The Morgan fingerprint density at radius 1 is 1.00 bits per heavy atom. The van der Waals surface area contributed by atoms with E-state index in [9.17, 15) is 13.2 Å². The number of rotatable bonds is 0. The van der Waals surface area contributed by atoms with Gasteiger partial charge in [0.2, 0.25) is 0 Å². The van der Waals surface area contributed by atoms with Crippen LogP contribution in [-0.2, 0) is 0 Å². The second-order valence-electron chi connectivity index (χ2n) is 3.15. The molecule has 2 N–H and O–H groups in total. The molecule has 0 bridgehead atoms. The molecule has 0 aliphatic heterocycles. The van der Waals surface area contributed by atoms with Crippen molar-refractivity contribution in [3.8, 4) is 0 Å². The number of nitrogens with two attached hydrogens (primary N) is 1. The van der Waals surface area contributed by atoms with Gasteiger partial charge in [0, 0.05) is 6.04 Å². The summed E-state index contributed by atoms with van der Waals surface area (Å²) in [5, 5.41) is 0. The molecule has 0 unspecified atom stereocenters. The molecule has 1 fully saturated rings. The minimum Gasteiger partial charge on any atom is -0.328 e. The average molecular weight is 204 g/mol. The molecule has 74 valence electrons. The first-order valence-electron chi connectivity index (χ1n) is 3.82. The standard InChI is InChI=1S/C7H12F3N.ClH/c8-7(9,10)5-1-3-6(11)4-2-5;/h5-6H,1-4,11H2;1H. The van der Waals surface area contributed by atoms with Gasteiger partial charge in [-0.05, 0) is 25.7 Å². The Labute approximate surface area is 75.9 Å². The lowest BCUT2D eigenvalue weighted by Crippen LogP contribution is -2.33. The Morgan fingerprint density at radius 3 is 1.75 bits per heavy atom. The molecular weight excluding hydrogens is 191 g/mol. The Morgan fingerprint density at radius 2 is 1.42 bits per heavy atom.